The van der Waals surface area contributed by atoms with Crippen LogP contribution in [-0.2, 0) is 0 Å². The molecule has 0 radical (unpaired) electrons. The van der Waals surface area contributed by atoms with E-state index in [-0.39, 0.29) is 11.7 Å². The van der Waals surface area contributed by atoms with E-state index in [1.54, 1.807) is 12.1 Å². The van der Waals surface area contributed by atoms with Crippen molar-refractivity contribution in [2.75, 3.05) is 6.54 Å². The molecule has 0 saturated heterocycles. The Morgan fingerprint density at radius 2 is 1.95 bits per heavy atom. The van der Waals surface area contributed by atoms with Gasteiger partial charge < -0.3 is 10.4 Å². The number of carbonyl (C=O) groups excluding carboxylic acids is 1. The number of benzene rings is 1. The lowest BCUT2D eigenvalue weighted by molar-refractivity contribution is 0.0952. The highest BCUT2D eigenvalue weighted by molar-refractivity contribution is 14.1. The Morgan fingerprint density at radius 1 is 1.25 bits per heavy atom. The molecule has 0 atom stereocenters. The van der Waals surface area contributed by atoms with Crippen molar-refractivity contribution in [2.45, 2.75) is 46.0 Å². The number of amides is 1. The Kier molecular flexibility index (Phi) is 7.95. The molecular formula is C16H24INO2. The molecule has 0 aromatic heterocycles. The first-order valence-electron chi connectivity index (χ1n) is 7.27. The van der Waals surface area contributed by atoms with E-state index in [4.69, 9.17) is 0 Å². The van der Waals surface area contributed by atoms with Crippen LogP contribution in [0.4, 0.5) is 0 Å². The van der Waals surface area contributed by atoms with Gasteiger partial charge >= 0.3 is 0 Å². The standard InChI is InChI=1S/C16H24INO2/c1-12(2)7-5-3-4-6-10-18-16(20)13-8-9-14(17)15(19)11-13/h8-9,11-12,19H,3-7,10H2,1-2H3,(H,18,20). The summed E-state index contributed by atoms with van der Waals surface area (Å²) in [6, 6.07) is 5.00. The third-order valence-corrected chi connectivity index (χ3v) is 4.11. The number of nitrogens with one attached hydrogen (secondary N) is 1. The molecule has 0 unspecified atom stereocenters. The summed E-state index contributed by atoms with van der Waals surface area (Å²) in [6.45, 7) is 5.20. The predicted molar refractivity (Wildman–Crippen MR) is 91.1 cm³/mol. The summed E-state index contributed by atoms with van der Waals surface area (Å²) < 4.78 is 0.754. The first-order valence-corrected chi connectivity index (χ1v) is 8.35. The van der Waals surface area contributed by atoms with Crippen molar-refractivity contribution in [1.82, 2.24) is 5.32 Å². The van der Waals surface area contributed by atoms with Crippen LogP contribution in [0.25, 0.3) is 0 Å². The SMILES string of the molecule is CC(C)CCCCCCNC(=O)c1ccc(I)c(O)c1. The van der Waals surface area contributed by atoms with Crippen molar-refractivity contribution < 1.29 is 9.90 Å². The van der Waals surface area contributed by atoms with Crippen LogP contribution in [0.2, 0.25) is 0 Å². The Morgan fingerprint density at radius 3 is 2.60 bits per heavy atom. The monoisotopic (exact) mass is 389 g/mol. The normalized spacial score (nSPS) is 10.8. The van der Waals surface area contributed by atoms with Crippen LogP contribution in [0.5, 0.6) is 5.75 Å². The van der Waals surface area contributed by atoms with Gasteiger partial charge in [-0.05, 0) is 53.1 Å². The van der Waals surface area contributed by atoms with Gasteiger partial charge in [-0.1, -0.05) is 39.5 Å². The van der Waals surface area contributed by atoms with Crippen LogP contribution in [0.1, 0.15) is 56.3 Å². The Balaban J connectivity index is 2.18. The number of halogens is 1. The zero-order valence-corrected chi connectivity index (χ0v) is 14.4. The number of unbranched alkanes of at least 4 members (excludes halogenated alkanes) is 3. The van der Waals surface area contributed by atoms with E-state index in [1.807, 2.05) is 22.6 Å². The number of rotatable bonds is 8. The summed E-state index contributed by atoms with van der Waals surface area (Å²) in [4.78, 5) is 11.9. The van der Waals surface area contributed by atoms with Gasteiger partial charge in [0.2, 0.25) is 0 Å². The number of carbonyl (C=O) groups is 1. The summed E-state index contributed by atoms with van der Waals surface area (Å²) >= 11 is 2.03. The lowest BCUT2D eigenvalue weighted by Gasteiger charge is -2.07. The van der Waals surface area contributed by atoms with Crippen molar-refractivity contribution in [2.24, 2.45) is 5.92 Å². The second-order valence-electron chi connectivity index (χ2n) is 5.52. The molecule has 3 nitrogen and oxygen atoms in total. The molecular weight excluding hydrogens is 365 g/mol. The maximum atomic E-state index is 11.9. The van der Waals surface area contributed by atoms with Crippen LogP contribution in [0.15, 0.2) is 18.2 Å². The molecule has 112 valence electrons. The second kappa shape index (κ2) is 9.21. The zero-order chi connectivity index (χ0) is 15.0. The van der Waals surface area contributed by atoms with Crippen molar-refractivity contribution in [3.63, 3.8) is 0 Å². The number of hydrogen-bond acceptors (Lipinski definition) is 2. The van der Waals surface area contributed by atoms with E-state index >= 15 is 0 Å². The van der Waals surface area contributed by atoms with E-state index in [9.17, 15) is 9.90 Å². The fraction of sp³-hybridized carbons (Fsp3) is 0.562. The van der Waals surface area contributed by atoms with Gasteiger partial charge in [-0.25, -0.2) is 0 Å². The molecule has 0 fully saturated rings. The molecule has 1 aromatic carbocycles. The van der Waals surface area contributed by atoms with Gasteiger partial charge in [-0.3, -0.25) is 4.79 Å². The Labute approximate surface area is 135 Å². The number of phenols is 1. The molecule has 0 aliphatic rings. The van der Waals surface area contributed by atoms with Gasteiger partial charge in [0, 0.05) is 12.1 Å². The summed E-state index contributed by atoms with van der Waals surface area (Å²) in [5, 5.41) is 12.5. The maximum absolute atomic E-state index is 11.9. The van der Waals surface area contributed by atoms with Crippen molar-refractivity contribution in [1.29, 1.82) is 0 Å². The van der Waals surface area contributed by atoms with Crippen LogP contribution in [0, 0.1) is 9.49 Å². The van der Waals surface area contributed by atoms with E-state index in [0.717, 1.165) is 22.3 Å². The van der Waals surface area contributed by atoms with Crippen LogP contribution in [-0.4, -0.2) is 17.6 Å². The largest absolute Gasteiger partial charge is 0.507 e. The molecule has 4 heteroatoms. The van der Waals surface area contributed by atoms with Gasteiger partial charge in [0.05, 0.1) is 3.57 Å². The minimum atomic E-state index is -0.112. The highest BCUT2D eigenvalue weighted by Gasteiger charge is 2.07. The number of hydrogen-bond donors (Lipinski definition) is 2. The minimum absolute atomic E-state index is 0.112. The van der Waals surface area contributed by atoms with Crippen molar-refractivity contribution in [3.8, 4) is 5.75 Å². The quantitative estimate of drug-likeness (QED) is 0.514. The first-order chi connectivity index (χ1) is 9.50. The Bertz CT molecular complexity index is 432. The highest BCUT2D eigenvalue weighted by atomic mass is 127. The lowest BCUT2D eigenvalue weighted by atomic mass is 10.0. The van der Waals surface area contributed by atoms with E-state index in [1.165, 1.54) is 25.3 Å². The first kappa shape index (κ1) is 17.3. The Hall–Kier alpha value is -0.780. The molecule has 1 rings (SSSR count). The highest BCUT2D eigenvalue weighted by Crippen LogP contribution is 2.20. The summed E-state index contributed by atoms with van der Waals surface area (Å²) in [7, 11) is 0. The molecule has 0 spiro atoms. The summed E-state index contributed by atoms with van der Waals surface area (Å²) in [5.41, 5.74) is 0.516. The van der Waals surface area contributed by atoms with Gasteiger partial charge in [-0.2, -0.15) is 0 Å². The topological polar surface area (TPSA) is 49.3 Å². The average molecular weight is 389 g/mol. The molecule has 0 aliphatic carbocycles. The van der Waals surface area contributed by atoms with E-state index in [0.29, 0.717) is 12.1 Å². The molecule has 0 heterocycles. The van der Waals surface area contributed by atoms with Crippen LogP contribution in [0.3, 0.4) is 0 Å². The maximum Gasteiger partial charge on any atom is 0.251 e. The predicted octanol–water partition coefficient (Wildman–Crippen LogP) is 4.33. The smallest absolute Gasteiger partial charge is 0.251 e. The fourth-order valence-corrected chi connectivity index (χ4v) is 2.32. The van der Waals surface area contributed by atoms with Crippen molar-refractivity contribution >= 4 is 28.5 Å². The third-order valence-electron chi connectivity index (χ3n) is 3.20. The molecule has 1 aromatic rings. The van der Waals surface area contributed by atoms with Gasteiger partial charge in [-0.15, -0.1) is 0 Å². The van der Waals surface area contributed by atoms with Crippen LogP contribution < -0.4 is 5.32 Å². The summed E-state index contributed by atoms with van der Waals surface area (Å²) in [6.07, 6.45) is 5.97. The lowest BCUT2D eigenvalue weighted by Crippen LogP contribution is -2.24. The van der Waals surface area contributed by atoms with E-state index < -0.39 is 0 Å². The molecule has 20 heavy (non-hydrogen) atoms. The third kappa shape index (κ3) is 6.59. The average Bonchev–Trinajstić information content (AvgIpc) is 2.40. The van der Waals surface area contributed by atoms with Gasteiger partial charge in [0.25, 0.3) is 5.91 Å². The molecule has 1 amide bonds. The van der Waals surface area contributed by atoms with Gasteiger partial charge in [0.15, 0.2) is 0 Å². The van der Waals surface area contributed by atoms with Crippen molar-refractivity contribution in [3.05, 3.63) is 27.3 Å². The molecule has 0 bridgehead atoms. The molecule has 0 aliphatic heterocycles. The zero-order valence-electron chi connectivity index (χ0n) is 12.3. The van der Waals surface area contributed by atoms with Gasteiger partial charge in [0.1, 0.15) is 5.75 Å². The minimum Gasteiger partial charge on any atom is -0.507 e. The molecule has 2 N–H and O–H groups in total. The summed E-state index contributed by atoms with van der Waals surface area (Å²) in [5.74, 6) is 0.828. The molecule has 0 saturated carbocycles. The number of phenolic OH excluding ortho intramolecular Hbond substituents is 1. The van der Waals surface area contributed by atoms with E-state index in [2.05, 4.69) is 19.2 Å². The fourth-order valence-electron chi connectivity index (χ4n) is 1.99. The number of aromatic hydroxyl groups is 1. The second-order valence-corrected chi connectivity index (χ2v) is 6.68. The van der Waals surface area contributed by atoms with Crippen LogP contribution >= 0.6 is 22.6 Å².